The van der Waals surface area contributed by atoms with Crippen LogP contribution < -0.4 is 0 Å². The van der Waals surface area contributed by atoms with E-state index < -0.39 is 0 Å². The second kappa shape index (κ2) is 5.28. The van der Waals surface area contributed by atoms with Gasteiger partial charge < -0.3 is 9.42 Å². The summed E-state index contributed by atoms with van der Waals surface area (Å²) in [4.78, 5) is 18.7. The van der Waals surface area contributed by atoms with Gasteiger partial charge in [0.1, 0.15) is 5.78 Å². The lowest BCUT2D eigenvalue weighted by Gasteiger charge is -2.34. The molecule has 3 atom stereocenters. The topological polar surface area (TPSA) is 59.2 Å². The summed E-state index contributed by atoms with van der Waals surface area (Å²) in [5.74, 6) is 1.57. The predicted molar refractivity (Wildman–Crippen MR) is 74.6 cm³/mol. The summed E-state index contributed by atoms with van der Waals surface area (Å²) in [7, 11) is 2.22. The molecule has 3 rings (SSSR count). The average molecular weight is 277 g/mol. The van der Waals surface area contributed by atoms with Crippen LogP contribution in [0.15, 0.2) is 4.52 Å². The molecular formula is C15H23N3O2. The van der Waals surface area contributed by atoms with E-state index in [9.17, 15) is 4.79 Å². The van der Waals surface area contributed by atoms with Crippen LogP contribution in [-0.4, -0.2) is 40.0 Å². The largest absolute Gasteiger partial charge is 0.339 e. The minimum absolute atomic E-state index is 0.156. The Morgan fingerprint density at radius 3 is 2.65 bits per heavy atom. The molecule has 3 unspecified atom stereocenters. The first kappa shape index (κ1) is 13.7. The maximum absolute atomic E-state index is 11.7. The van der Waals surface area contributed by atoms with E-state index in [-0.39, 0.29) is 11.7 Å². The van der Waals surface area contributed by atoms with Crippen LogP contribution in [0.25, 0.3) is 0 Å². The normalized spacial score (nSPS) is 31.4. The molecule has 110 valence electrons. The number of carbonyl (C=O) groups is 1. The number of nitrogens with zero attached hydrogens (tertiary/aromatic N) is 3. The molecule has 20 heavy (non-hydrogen) atoms. The average Bonchev–Trinajstić information content (AvgIpc) is 3.00. The first-order valence-electron chi connectivity index (χ1n) is 7.68. The van der Waals surface area contributed by atoms with Crippen molar-refractivity contribution in [3.63, 3.8) is 0 Å². The highest BCUT2D eigenvalue weighted by atomic mass is 16.5. The number of rotatable bonds is 4. The Morgan fingerprint density at radius 2 is 2.05 bits per heavy atom. The summed E-state index contributed by atoms with van der Waals surface area (Å²) in [5, 5.41) is 4.14. The van der Waals surface area contributed by atoms with Crippen molar-refractivity contribution in [1.29, 1.82) is 0 Å². The minimum Gasteiger partial charge on any atom is -0.339 e. The first-order valence-corrected chi connectivity index (χ1v) is 7.68. The van der Waals surface area contributed by atoms with Gasteiger partial charge in [0.25, 0.3) is 0 Å². The van der Waals surface area contributed by atoms with E-state index in [0.29, 0.717) is 30.3 Å². The summed E-state index contributed by atoms with van der Waals surface area (Å²) in [5.41, 5.74) is 0. The van der Waals surface area contributed by atoms with Crippen molar-refractivity contribution < 1.29 is 9.32 Å². The number of Topliss-reactive ketones (excluding diaryl/α,β-unsaturated/α-hetero) is 1. The van der Waals surface area contributed by atoms with Gasteiger partial charge >= 0.3 is 0 Å². The lowest BCUT2D eigenvalue weighted by Crippen LogP contribution is -2.39. The highest BCUT2D eigenvalue weighted by Gasteiger charge is 2.40. The Balaban J connectivity index is 1.73. The zero-order valence-electron chi connectivity index (χ0n) is 12.5. The van der Waals surface area contributed by atoms with Gasteiger partial charge in [0, 0.05) is 24.4 Å². The second-order valence-electron chi connectivity index (χ2n) is 6.25. The van der Waals surface area contributed by atoms with Crippen LogP contribution in [0.2, 0.25) is 0 Å². The molecule has 0 N–H and O–H groups in total. The maximum atomic E-state index is 11.7. The fourth-order valence-electron chi connectivity index (χ4n) is 3.66. The minimum atomic E-state index is -0.274. The van der Waals surface area contributed by atoms with Gasteiger partial charge in [-0.05, 0) is 39.7 Å². The molecular weight excluding hydrogens is 254 g/mol. The fourth-order valence-corrected chi connectivity index (χ4v) is 3.66. The Labute approximate surface area is 119 Å². The zero-order chi connectivity index (χ0) is 14.3. The van der Waals surface area contributed by atoms with Crippen molar-refractivity contribution in [2.24, 2.45) is 0 Å². The van der Waals surface area contributed by atoms with E-state index in [4.69, 9.17) is 4.52 Å². The number of ketones is 1. The van der Waals surface area contributed by atoms with E-state index >= 15 is 0 Å². The number of hydrogen-bond donors (Lipinski definition) is 0. The molecule has 3 heterocycles. The summed E-state index contributed by atoms with van der Waals surface area (Å²) in [6, 6.07) is 1.32. The number of fused-ring (bicyclic) bond motifs is 2. The van der Waals surface area contributed by atoms with Crippen molar-refractivity contribution in [2.75, 3.05) is 7.05 Å². The van der Waals surface area contributed by atoms with Gasteiger partial charge in [-0.1, -0.05) is 12.1 Å². The summed E-state index contributed by atoms with van der Waals surface area (Å²) >= 11 is 0. The van der Waals surface area contributed by atoms with Crippen molar-refractivity contribution >= 4 is 5.78 Å². The molecule has 0 radical (unpaired) electrons. The van der Waals surface area contributed by atoms with Crippen molar-refractivity contribution in [3.05, 3.63) is 11.7 Å². The first-order chi connectivity index (χ1) is 9.60. The van der Waals surface area contributed by atoms with E-state index in [1.807, 2.05) is 13.8 Å². The standard InChI is InChI=1S/C15H23N3O2/c1-4-13(19)9(2)15-16-14(17-20-15)10-7-11-5-6-12(8-10)18(11)3/h9-12H,4-8H2,1-3H3. The molecule has 2 aliphatic heterocycles. The molecule has 0 saturated carbocycles. The SMILES string of the molecule is CCC(=O)C(C)c1nc(C2CC3CCC(C2)N3C)no1. The molecule has 0 aromatic carbocycles. The molecule has 0 spiro atoms. The third-order valence-electron chi connectivity index (χ3n) is 5.12. The lowest BCUT2D eigenvalue weighted by molar-refractivity contribution is -0.120. The summed E-state index contributed by atoms with van der Waals surface area (Å²) in [6.07, 6.45) is 5.31. The molecule has 5 nitrogen and oxygen atoms in total. The Bertz CT molecular complexity index is 485. The quantitative estimate of drug-likeness (QED) is 0.846. The Kier molecular flexibility index (Phi) is 3.63. The smallest absolute Gasteiger partial charge is 0.236 e. The van der Waals surface area contributed by atoms with Crippen molar-refractivity contribution in [3.8, 4) is 0 Å². The van der Waals surface area contributed by atoms with Crippen LogP contribution in [0.1, 0.15) is 69.5 Å². The van der Waals surface area contributed by atoms with Gasteiger partial charge in [0.05, 0.1) is 5.92 Å². The Hall–Kier alpha value is -1.23. The van der Waals surface area contributed by atoms with Crippen molar-refractivity contribution in [2.45, 2.75) is 69.9 Å². The summed E-state index contributed by atoms with van der Waals surface area (Å²) in [6.45, 7) is 3.71. The maximum Gasteiger partial charge on any atom is 0.236 e. The molecule has 5 heteroatoms. The number of hydrogen-bond acceptors (Lipinski definition) is 5. The van der Waals surface area contributed by atoms with Gasteiger partial charge in [0.2, 0.25) is 5.89 Å². The molecule has 1 aromatic rings. The van der Waals surface area contributed by atoms with E-state index in [2.05, 4.69) is 22.1 Å². The van der Waals surface area contributed by atoms with Crippen LogP contribution in [0.5, 0.6) is 0 Å². The lowest BCUT2D eigenvalue weighted by atomic mass is 9.90. The molecule has 2 fully saturated rings. The van der Waals surface area contributed by atoms with E-state index in [1.54, 1.807) is 0 Å². The third-order valence-corrected chi connectivity index (χ3v) is 5.12. The molecule has 0 amide bonds. The highest BCUT2D eigenvalue weighted by molar-refractivity contribution is 5.83. The number of aromatic nitrogens is 2. The molecule has 0 aliphatic carbocycles. The zero-order valence-corrected chi connectivity index (χ0v) is 12.5. The van der Waals surface area contributed by atoms with Gasteiger partial charge in [-0.2, -0.15) is 4.98 Å². The highest BCUT2D eigenvalue weighted by Crippen LogP contribution is 2.41. The number of carbonyl (C=O) groups excluding carboxylic acids is 1. The molecule has 2 saturated heterocycles. The van der Waals surface area contributed by atoms with E-state index in [0.717, 1.165) is 18.7 Å². The fraction of sp³-hybridized carbons (Fsp3) is 0.800. The van der Waals surface area contributed by atoms with Gasteiger partial charge in [-0.3, -0.25) is 4.79 Å². The second-order valence-corrected chi connectivity index (χ2v) is 6.25. The molecule has 2 aliphatic rings. The van der Waals surface area contributed by atoms with Crippen LogP contribution in [0, 0.1) is 0 Å². The molecule has 1 aromatic heterocycles. The van der Waals surface area contributed by atoms with Crippen LogP contribution in [0.4, 0.5) is 0 Å². The van der Waals surface area contributed by atoms with Crippen LogP contribution >= 0.6 is 0 Å². The monoisotopic (exact) mass is 277 g/mol. The van der Waals surface area contributed by atoms with Crippen LogP contribution in [-0.2, 0) is 4.79 Å². The Morgan fingerprint density at radius 1 is 1.40 bits per heavy atom. The van der Waals surface area contributed by atoms with Crippen LogP contribution in [0.3, 0.4) is 0 Å². The summed E-state index contributed by atoms with van der Waals surface area (Å²) < 4.78 is 5.32. The molecule has 2 bridgehead atoms. The van der Waals surface area contributed by atoms with E-state index in [1.165, 1.54) is 12.8 Å². The van der Waals surface area contributed by atoms with Gasteiger partial charge in [0.15, 0.2) is 5.82 Å². The van der Waals surface area contributed by atoms with Gasteiger partial charge in [-0.25, -0.2) is 0 Å². The van der Waals surface area contributed by atoms with Crippen molar-refractivity contribution in [1.82, 2.24) is 15.0 Å². The van der Waals surface area contributed by atoms with Gasteiger partial charge in [-0.15, -0.1) is 0 Å². The number of piperidine rings is 1. The predicted octanol–water partition coefficient (Wildman–Crippen LogP) is 2.49. The third kappa shape index (κ3) is 2.28.